The lowest BCUT2D eigenvalue weighted by Crippen LogP contribution is -2.41. The predicted molar refractivity (Wildman–Crippen MR) is 104 cm³/mol. The summed E-state index contributed by atoms with van der Waals surface area (Å²) in [5.74, 6) is -0.956. The molecule has 0 saturated heterocycles. The first-order chi connectivity index (χ1) is 12.4. The number of amides is 1. The summed E-state index contributed by atoms with van der Waals surface area (Å²) in [6, 6.07) is 14.4. The summed E-state index contributed by atoms with van der Waals surface area (Å²) < 4.78 is 5.20. The van der Waals surface area contributed by atoms with Gasteiger partial charge in [-0.05, 0) is 50.5 Å². The Labute approximate surface area is 163 Å². The van der Waals surface area contributed by atoms with Crippen LogP contribution in [0.3, 0.4) is 0 Å². The fraction of sp³-hybridized carbons (Fsp3) is 0.300. The zero-order valence-corrected chi connectivity index (χ0v) is 16.2. The fourth-order valence-electron chi connectivity index (χ4n) is 2.37. The molecule has 2 atom stereocenters. The van der Waals surface area contributed by atoms with E-state index in [1.807, 2.05) is 25.1 Å². The topological polar surface area (TPSA) is 55.4 Å². The van der Waals surface area contributed by atoms with Gasteiger partial charge >= 0.3 is 5.97 Å². The van der Waals surface area contributed by atoms with Gasteiger partial charge in [0.25, 0.3) is 5.91 Å². The molecule has 2 rings (SSSR count). The fourth-order valence-corrected chi connectivity index (χ4v) is 2.66. The highest BCUT2D eigenvalue weighted by molar-refractivity contribution is 6.42. The minimum atomic E-state index is -0.906. The molecule has 0 radical (unpaired) electrons. The number of nitrogens with one attached hydrogen (secondary N) is 1. The molecule has 0 aliphatic carbocycles. The van der Waals surface area contributed by atoms with Gasteiger partial charge in [-0.1, -0.05) is 53.5 Å². The lowest BCUT2D eigenvalue weighted by molar-refractivity contribution is -0.129. The highest BCUT2D eigenvalue weighted by Crippen LogP contribution is 2.23. The first-order valence-corrected chi connectivity index (χ1v) is 9.12. The standard InChI is InChI=1S/C20H21Cl2NO3/c1-13(8-9-15-6-4-3-5-7-15)23-19(24)14(2)26-20(25)16-10-11-17(21)18(22)12-16/h3-7,10-14H,8-9H2,1-2H3,(H,23,24)/t13-,14-/m0/s1. The van der Waals surface area contributed by atoms with Crippen molar-refractivity contribution in [2.75, 3.05) is 0 Å². The zero-order valence-electron chi connectivity index (χ0n) is 14.7. The van der Waals surface area contributed by atoms with E-state index in [9.17, 15) is 9.59 Å². The zero-order chi connectivity index (χ0) is 19.1. The van der Waals surface area contributed by atoms with Crippen LogP contribution in [0.5, 0.6) is 0 Å². The first-order valence-electron chi connectivity index (χ1n) is 8.37. The summed E-state index contributed by atoms with van der Waals surface area (Å²) in [6.07, 6.45) is 0.749. The van der Waals surface area contributed by atoms with Crippen LogP contribution in [0.25, 0.3) is 0 Å². The number of hydrogen-bond donors (Lipinski definition) is 1. The van der Waals surface area contributed by atoms with Crippen molar-refractivity contribution in [1.29, 1.82) is 0 Å². The molecule has 0 heterocycles. The third-order valence-corrected chi connectivity index (χ3v) is 4.64. The largest absolute Gasteiger partial charge is 0.449 e. The van der Waals surface area contributed by atoms with E-state index in [0.29, 0.717) is 5.02 Å². The van der Waals surface area contributed by atoms with Gasteiger partial charge < -0.3 is 10.1 Å². The molecule has 0 bridgehead atoms. The Bertz CT molecular complexity index is 765. The monoisotopic (exact) mass is 393 g/mol. The van der Waals surface area contributed by atoms with Gasteiger partial charge in [-0.3, -0.25) is 4.79 Å². The number of carbonyl (C=O) groups excluding carboxylic acids is 2. The maximum atomic E-state index is 12.2. The molecule has 6 heteroatoms. The normalized spacial score (nSPS) is 12.9. The lowest BCUT2D eigenvalue weighted by Gasteiger charge is -2.18. The molecule has 138 valence electrons. The first kappa shape index (κ1) is 20.3. The Morgan fingerprint density at radius 2 is 1.73 bits per heavy atom. The van der Waals surface area contributed by atoms with Gasteiger partial charge in [0, 0.05) is 6.04 Å². The summed E-state index contributed by atoms with van der Waals surface area (Å²) in [7, 11) is 0. The third kappa shape index (κ3) is 6.04. The van der Waals surface area contributed by atoms with Gasteiger partial charge in [0.2, 0.25) is 0 Å². The average Bonchev–Trinajstić information content (AvgIpc) is 2.63. The second kappa shape index (κ2) is 9.60. The summed E-state index contributed by atoms with van der Waals surface area (Å²) in [6.45, 7) is 3.46. The number of ether oxygens (including phenoxy) is 1. The van der Waals surface area contributed by atoms with Crippen molar-refractivity contribution >= 4 is 35.1 Å². The quantitative estimate of drug-likeness (QED) is 0.694. The van der Waals surface area contributed by atoms with Gasteiger partial charge in [0.15, 0.2) is 6.10 Å². The summed E-state index contributed by atoms with van der Waals surface area (Å²) >= 11 is 11.7. The maximum absolute atomic E-state index is 12.2. The molecule has 2 aromatic rings. The van der Waals surface area contributed by atoms with Crippen LogP contribution >= 0.6 is 23.2 Å². The van der Waals surface area contributed by atoms with E-state index in [1.54, 1.807) is 0 Å². The van der Waals surface area contributed by atoms with Crippen molar-refractivity contribution in [2.45, 2.75) is 38.8 Å². The Kier molecular flexibility index (Phi) is 7.49. The Morgan fingerprint density at radius 1 is 1.04 bits per heavy atom. The van der Waals surface area contributed by atoms with Crippen LogP contribution in [0.4, 0.5) is 0 Å². The van der Waals surface area contributed by atoms with Crippen molar-refractivity contribution in [3.8, 4) is 0 Å². The maximum Gasteiger partial charge on any atom is 0.338 e. The molecule has 0 aromatic heterocycles. The van der Waals surface area contributed by atoms with Crippen molar-refractivity contribution < 1.29 is 14.3 Å². The minimum Gasteiger partial charge on any atom is -0.449 e. The molecule has 0 aliphatic rings. The average molecular weight is 394 g/mol. The lowest BCUT2D eigenvalue weighted by atomic mass is 10.1. The van der Waals surface area contributed by atoms with Crippen LogP contribution in [-0.2, 0) is 16.0 Å². The third-order valence-electron chi connectivity index (χ3n) is 3.91. The molecule has 0 saturated carbocycles. The van der Waals surface area contributed by atoms with E-state index in [2.05, 4.69) is 17.4 Å². The Hall–Kier alpha value is -2.04. The number of carbonyl (C=O) groups is 2. The Balaban J connectivity index is 1.82. The second-order valence-electron chi connectivity index (χ2n) is 6.11. The van der Waals surface area contributed by atoms with Crippen molar-refractivity contribution in [1.82, 2.24) is 5.32 Å². The van der Waals surface area contributed by atoms with E-state index >= 15 is 0 Å². The highest BCUT2D eigenvalue weighted by Gasteiger charge is 2.20. The van der Waals surface area contributed by atoms with Crippen LogP contribution in [0.15, 0.2) is 48.5 Å². The number of halogens is 2. The predicted octanol–water partition coefficient (Wildman–Crippen LogP) is 4.68. The second-order valence-corrected chi connectivity index (χ2v) is 6.92. The molecule has 1 amide bonds. The van der Waals surface area contributed by atoms with Crippen LogP contribution in [0, 0.1) is 0 Å². The van der Waals surface area contributed by atoms with Gasteiger partial charge in [-0.15, -0.1) is 0 Å². The van der Waals surface area contributed by atoms with E-state index in [-0.39, 0.29) is 22.5 Å². The summed E-state index contributed by atoms with van der Waals surface area (Å²) in [4.78, 5) is 24.3. The van der Waals surface area contributed by atoms with Gasteiger partial charge in [0.1, 0.15) is 0 Å². The van der Waals surface area contributed by atoms with Gasteiger partial charge in [-0.25, -0.2) is 4.79 Å². The van der Waals surface area contributed by atoms with Gasteiger partial charge in [0.05, 0.1) is 15.6 Å². The van der Waals surface area contributed by atoms with Crippen LogP contribution in [0.2, 0.25) is 10.0 Å². The molecule has 4 nitrogen and oxygen atoms in total. The molecule has 0 unspecified atom stereocenters. The van der Waals surface area contributed by atoms with E-state index in [1.165, 1.54) is 30.7 Å². The Morgan fingerprint density at radius 3 is 2.38 bits per heavy atom. The molecule has 0 aliphatic heterocycles. The molecule has 1 N–H and O–H groups in total. The van der Waals surface area contributed by atoms with Gasteiger partial charge in [-0.2, -0.15) is 0 Å². The van der Waals surface area contributed by atoms with E-state index in [0.717, 1.165) is 12.8 Å². The number of hydrogen-bond acceptors (Lipinski definition) is 3. The minimum absolute atomic E-state index is 0.0335. The SMILES string of the molecule is C[C@H](OC(=O)c1ccc(Cl)c(Cl)c1)C(=O)N[C@@H](C)CCc1ccccc1. The molecule has 2 aromatic carbocycles. The van der Waals surface area contributed by atoms with Crippen molar-refractivity contribution in [3.63, 3.8) is 0 Å². The molecule has 0 spiro atoms. The number of rotatable bonds is 7. The molecular formula is C20H21Cl2NO3. The van der Waals surface area contributed by atoms with Crippen molar-refractivity contribution in [3.05, 3.63) is 69.7 Å². The summed E-state index contributed by atoms with van der Waals surface area (Å²) in [5.41, 5.74) is 1.46. The van der Waals surface area contributed by atoms with Crippen LogP contribution in [0.1, 0.15) is 36.2 Å². The molecule has 26 heavy (non-hydrogen) atoms. The van der Waals surface area contributed by atoms with Crippen LogP contribution in [-0.4, -0.2) is 24.0 Å². The van der Waals surface area contributed by atoms with E-state index in [4.69, 9.17) is 27.9 Å². The number of benzene rings is 2. The molecule has 0 fully saturated rings. The molecular weight excluding hydrogens is 373 g/mol. The number of esters is 1. The van der Waals surface area contributed by atoms with E-state index < -0.39 is 12.1 Å². The highest BCUT2D eigenvalue weighted by atomic mass is 35.5. The smallest absolute Gasteiger partial charge is 0.338 e. The van der Waals surface area contributed by atoms with Crippen molar-refractivity contribution in [2.24, 2.45) is 0 Å². The van der Waals surface area contributed by atoms with Crippen LogP contribution < -0.4 is 5.32 Å². The number of aryl methyl sites for hydroxylation is 1. The summed E-state index contributed by atoms with van der Waals surface area (Å²) in [5, 5.41) is 3.47.